The molecule has 2 N–H and O–H groups in total. The standard InChI is InChI=1S/C18H17Cl2N3O4/c1-10(22-17(25)12-6-3-4-7-13(12)19)18(26)27-11(2)16(24)23-14-8-5-9-21-15(14)20/h3-11H,1-2H3,(H,22,25)(H,23,24)/t10-,11?/m0/s1. The Labute approximate surface area is 166 Å². The van der Waals surface area contributed by atoms with Crippen molar-refractivity contribution in [1.82, 2.24) is 10.3 Å². The van der Waals surface area contributed by atoms with Gasteiger partial charge in [-0.05, 0) is 38.1 Å². The van der Waals surface area contributed by atoms with Crippen LogP contribution in [0.4, 0.5) is 5.69 Å². The van der Waals surface area contributed by atoms with Crippen LogP contribution in [-0.2, 0) is 14.3 Å². The van der Waals surface area contributed by atoms with Crippen LogP contribution in [0.1, 0.15) is 24.2 Å². The second-order valence-electron chi connectivity index (χ2n) is 5.59. The molecule has 2 atom stereocenters. The number of anilines is 1. The molecule has 2 aromatic rings. The number of carbonyl (C=O) groups excluding carboxylic acids is 3. The number of nitrogens with one attached hydrogen (secondary N) is 2. The smallest absolute Gasteiger partial charge is 0.329 e. The highest BCUT2D eigenvalue weighted by Gasteiger charge is 2.24. The number of carbonyl (C=O) groups is 3. The quantitative estimate of drug-likeness (QED) is 0.564. The molecule has 0 spiro atoms. The predicted molar refractivity (Wildman–Crippen MR) is 102 cm³/mol. The molecule has 0 saturated carbocycles. The van der Waals surface area contributed by atoms with E-state index in [9.17, 15) is 14.4 Å². The minimum absolute atomic E-state index is 0.116. The lowest BCUT2D eigenvalue weighted by atomic mass is 10.2. The van der Waals surface area contributed by atoms with Crippen LogP contribution in [0.15, 0.2) is 42.6 Å². The van der Waals surface area contributed by atoms with E-state index in [2.05, 4.69) is 15.6 Å². The molecule has 142 valence electrons. The van der Waals surface area contributed by atoms with E-state index in [0.29, 0.717) is 5.69 Å². The Kier molecular flexibility index (Phi) is 7.15. The second-order valence-corrected chi connectivity index (χ2v) is 6.35. The van der Waals surface area contributed by atoms with E-state index < -0.39 is 29.9 Å². The molecular formula is C18H17Cl2N3O4. The summed E-state index contributed by atoms with van der Waals surface area (Å²) in [5.74, 6) is -1.87. The van der Waals surface area contributed by atoms with Crippen molar-refractivity contribution in [3.63, 3.8) is 0 Å². The number of hydrogen-bond acceptors (Lipinski definition) is 5. The van der Waals surface area contributed by atoms with E-state index in [1.165, 1.54) is 26.1 Å². The van der Waals surface area contributed by atoms with Crippen molar-refractivity contribution >= 4 is 46.7 Å². The average Bonchev–Trinajstić information content (AvgIpc) is 2.63. The van der Waals surface area contributed by atoms with Crippen LogP contribution >= 0.6 is 23.2 Å². The molecule has 0 bridgehead atoms. The zero-order chi connectivity index (χ0) is 20.0. The van der Waals surface area contributed by atoms with Gasteiger partial charge in [-0.3, -0.25) is 9.59 Å². The number of nitrogens with zero attached hydrogens (tertiary/aromatic N) is 1. The van der Waals surface area contributed by atoms with Crippen molar-refractivity contribution in [2.24, 2.45) is 0 Å². The van der Waals surface area contributed by atoms with Crippen LogP contribution in [0, 0.1) is 0 Å². The summed E-state index contributed by atoms with van der Waals surface area (Å²) in [4.78, 5) is 40.3. The Morgan fingerprint density at radius 3 is 2.44 bits per heavy atom. The summed E-state index contributed by atoms with van der Waals surface area (Å²) in [6.45, 7) is 2.85. The molecule has 1 heterocycles. The van der Waals surface area contributed by atoms with Crippen molar-refractivity contribution in [3.05, 3.63) is 58.3 Å². The number of benzene rings is 1. The maximum atomic E-state index is 12.2. The molecule has 1 aromatic heterocycles. The topological polar surface area (TPSA) is 97.4 Å². The highest BCUT2D eigenvalue weighted by Crippen LogP contribution is 2.18. The van der Waals surface area contributed by atoms with E-state index in [1.54, 1.807) is 30.3 Å². The van der Waals surface area contributed by atoms with Crippen LogP contribution in [0.5, 0.6) is 0 Å². The van der Waals surface area contributed by atoms with Gasteiger partial charge in [-0.25, -0.2) is 9.78 Å². The van der Waals surface area contributed by atoms with Gasteiger partial charge in [-0.1, -0.05) is 35.3 Å². The fourth-order valence-electron chi connectivity index (χ4n) is 2.02. The first-order chi connectivity index (χ1) is 12.8. The molecule has 0 radical (unpaired) electrons. The van der Waals surface area contributed by atoms with Gasteiger partial charge in [0.2, 0.25) is 0 Å². The summed E-state index contributed by atoms with van der Waals surface area (Å²) in [6, 6.07) is 8.62. The molecular weight excluding hydrogens is 393 g/mol. The Balaban J connectivity index is 1.91. The number of halogens is 2. The van der Waals surface area contributed by atoms with Crippen LogP contribution < -0.4 is 10.6 Å². The summed E-state index contributed by atoms with van der Waals surface area (Å²) >= 11 is 11.8. The number of ether oxygens (including phenoxy) is 1. The van der Waals surface area contributed by atoms with Crippen molar-refractivity contribution in [2.45, 2.75) is 26.0 Å². The molecule has 0 fully saturated rings. The van der Waals surface area contributed by atoms with Crippen molar-refractivity contribution in [2.75, 3.05) is 5.32 Å². The highest BCUT2D eigenvalue weighted by molar-refractivity contribution is 6.34. The predicted octanol–water partition coefficient (Wildman–Crippen LogP) is 3.08. The van der Waals surface area contributed by atoms with Gasteiger partial charge < -0.3 is 15.4 Å². The third-order valence-corrected chi connectivity index (χ3v) is 4.13. The van der Waals surface area contributed by atoms with Gasteiger partial charge >= 0.3 is 5.97 Å². The van der Waals surface area contributed by atoms with E-state index in [-0.39, 0.29) is 15.7 Å². The second kappa shape index (κ2) is 9.34. The third kappa shape index (κ3) is 5.67. The van der Waals surface area contributed by atoms with Gasteiger partial charge in [0.05, 0.1) is 16.3 Å². The van der Waals surface area contributed by atoms with Crippen LogP contribution in [0.25, 0.3) is 0 Å². The van der Waals surface area contributed by atoms with E-state index in [4.69, 9.17) is 27.9 Å². The fourth-order valence-corrected chi connectivity index (χ4v) is 2.41. The Morgan fingerprint density at radius 2 is 1.78 bits per heavy atom. The van der Waals surface area contributed by atoms with Crippen molar-refractivity contribution in [1.29, 1.82) is 0 Å². The number of rotatable bonds is 6. The summed E-state index contributed by atoms with van der Waals surface area (Å²) in [7, 11) is 0. The molecule has 0 saturated heterocycles. The lowest BCUT2D eigenvalue weighted by Gasteiger charge is -2.18. The number of pyridine rings is 1. The molecule has 9 heteroatoms. The average molecular weight is 410 g/mol. The van der Waals surface area contributed by atoms with Gasteiger partial charge in [0.15, 0.2) is 11.3 Å². The summed E-state index contributed by atoms with van der Waals surface area (Å²) in [6.07, 6.45) is 0.374. The maximum absolute atomic E-state index is 12.2. The lowest BCUT2D eigenvalue weighted by Crippen LogP contribution is -2.42. The first-order valence-electron chi connectivity index (χ1n) is 7.97. The van der Waals surface area contributed by atoms with Crippen LogP contribution in [-0.4, -0.2) is 34.9 Å². The number of amides is 2. The molecule has 0 aliphatic rings. The SMILES string of the molecule is CC(OC(=O)[C@H](C)NC(=O)c1ccccc1Cl)C(=O)Nc1cccnc1Cl. The largest absolute Gasteiger partial charge is 0.451 e. The normalized spacial score (nSPS) is 12.6. The Bertz CT molecular complexity index is 860. The van der Waals surface area contributed by atoms with Gasteiger partial charge in [-0.15, -0.1) is 0 Å². The van der Waals surface area contributed by atoms with E-state index in [0.717, 1.165) is 0 Å². The summed E-state index contributed by atoms with van der Waals surface area (Å²) in [5, 5.41) is 5.37. The van der Waals surface area contributed by atoms with Gasteiger partial charge in [-0.2, -0.15) is 0 Å². The van der Waals surface area contributed by atoms with E-state index >= 15 is 0 Å². The number of esters is 1. The van der Waals surface area contributed by atoms with Crippen molar-refractivity contribution < 1.29 is 19.1 Å². The molecule has 1 aromatic carbocycles. The van der Waals surface area contributed by atoms with Gasteiger partial charge in [0.25, 0.3) is 11.8 Å². The molecule has 2 rings (SSSR count). The molecule has 0 aliphatic heterocycles. The van der Waals surface area contributed by atoms with Crippen LogP contribution in [0.2, 0.25) is 10.2 Å². The summed E-state index contributed by atoms with van der Waals surface area (Å²) in [5.41, 5.74) is 0.531. The van der Waals surface area contributed by atoms with Gasteiger partial charge in [0.1, 0.15) is 6.04 Å². The van der Waals surface area contributed by atoms with E-state index in [1.807, 2.05) is 0 Å². The Hall–Kier alpha value is -2.64. The zero-order valence-corrected chi connectivity index (χ0v) is 16.0. The summed E-state index contributed by atoms with van der Waals surface area (Å²) < 4.78 is 5.09. The van der Waals surface area contributed by atoms with Gasteiger partial charge in [0, 0.05) is 6.20 Å². The molecule has 0 aliphatic carbocycles. The minimum Gasteiger partial charge on any atom is -0.451 e. The molecule has 27 heavy (non-hydrogen) atoms. The fraction of sp³-hybridized carbons (Fsp3) is 0.222. The zero-order valence-electron chi connectivity index (χ0n) is 14.5. The third-order valence-electron chi connectivity index (χ3n) is 3.50. The van der Waals surface area contributed by atoms with Crippen LogP contribution in [0.3, 0.4) is 0 Å². The molecule has 2 amide bonds. The monoisotopic (exact) mass is 409 g/mol. The first-order valence-corrected chi connectivity index (χ1v) is 8.72. The molecule has 7 nitrogen and oxygen atoms in total. The maximum Gasteiger partial charge on any atom is 0.329 e. The molecule has 1 unspecified atom stereocenters. The Morgan fingerprint density at radius 1 is 1.07 bits per heavy atom. The van der Waals surface area contributed by atoms with Crippen molar-refractivity contribution in [3.8, 4) is 0 Å². The number of aromatic nitrogens is 1. The highest BCUT2D eigenvalue weighted by atomic mass is 35.5. The lowest BCUT2D eigenvalue weighted by molar-refractivity contribution is -0.154. The first kappa shape index (κ1) is 20.7. The minimum atomic E-state index is -1.10. The number of hydrogen-bond donors (Lipinski definition) is 2.